The highest BCUT2D eigenvalue weighted by Crippen LogP contribution is 2.27. The van der Waals surface area contributed by atoms with Crippen LogP contribution in [0.25, 0.3) is 0 Å². The molecule has 0 unspecified atom stereocenters. The van der Waals surface area contributed by atoms with E-state index in [0.717, 1.165) is 9.13 Å². The standard InChI is InChI=1S/C16H14IN3O3/c17-14-7-6-12(20(22)23)8-13(14)15(9-18)19-16(10-21)11-4-2-1-3-5-11/h1-8,15-16,19,21H,10H2/t15-,16-/m0/s1. The van der Waals surface area contributed by atoms with Crippen molar-refractivity contribution >= 4 is 28.3 Å². The predicted molar refractivity (Wildman–Crippen MR) is 93.6 cm³/mol. The van der Waals surface area contributed by atoms with Gasteiger partial charge in [0.15, 0.2) is 0 Å². The van der Waals surface area contributed by atoms with Crippen molar-refractivity contribution in [3.8, 4) is 6.07 Å². The highest BCUT2D eigenvalue weighted by molar-refractivity contribution is 14.1. The predicted octanol–water partition coefficient (Wildman–Crippen LogP) is 3.09. The number of nitriles is 1. The van der Waals surface area contributed by atoms with Crippen LogP contribution in [-0.2, 0) is 0 Å². The summed E-state index contributed by atoms with van der Waals surface area (Å²) in [6, 6.07) is 14.6. The van der Waals surface area contributed by atoms with Crippen LogP contribution in [0.15, 0.2) is 48.5 Å². The highest BCUT2D eigenvalue weighted by Gasteiger charge is 2.21. The normalized spacial score (nSPS) is 13.1. The van der Waals surface area contributed by atoms with Gasteiger partial charge in [-0.3, -0.25) is 15.4 Å². The molecule has 7 heteroatoms. The van der Waals surface area contributed by atoms with Gasteiger partial charge in [0.25, 0.3) is 5.69 Å². The van der Waals surface area contributed by atoms with Crippen molar-refractivity contribution in [3.63, 3.8) is 0 Å². The van der Waals surface area contributed by atoms with Crippen molar-refractivity contribution in [3.05, 3.63) is 73.3 Å². The molecule has 2 aromatic rings. The summed E-state index contributed by atoms with van der Waals surface area (Å²) in [6.07, 6.45) is 0. The smallest absolute Gasteiger partial charge is 0.269 e. The lowest BCUT2D eigenvalue weighted by atomic mass is 10.0. The zero-order valence-electron chi connectivity index (χ0n) is 12.0. The lowest BCUT2D eigenvalue weighted by Gasteiger charge is -2.21. The minimum absolute atomic E-state index is 0.0669. The number of benzene rings is 2. The van der Waals surface area contributed by atoms with Crippen molar-refractivity contribution in [2.45, 2.75) is 12.1 Å². The van der Waals surface area contributed by atoms with E-state index >= 15 is 0 Å². The fourth-order valence-electron chi connectivity index (χ4n) is 2.20. The van der Waals surface area contributed by atoms with E-state index < -0.39 is 17.0 Å². The van der Waals surface area contributed by atoms with Crippen molar-refractivity contribution < 1.29 is 10.0 Å². The average molecular weight is 423 g/mol. The first kappa shape index (κ1) is 17.3. The van der Waals surface area contributed by atoms with Crippen molar-refractivity contribution in [2.24, 2.45) is 0 Å². The molecule has 0 spiro atoms. The van der Waals surface area contributed by atoms with Crippen LogP contribution in [0.5, 0.6) is 0 Å². The first-order chi connectivity index (χ1) is 11.1. The van der Waals surface area contributed by atoms with Gasteiger partial charge in [0.05, 0.1) is 23.6 Å². The molecule has 0 amide bonds. The molecule has 0 fully saturated rings. The number of nitrogens with one attached hydrogen (secondary N) is 1. The summed E-state index contributed by atoms with van der Waals surface area (Å²) in [5.41, 5.74) is 1.30. The van der Waals surface area contributed by atoms with Gasteiger partial charge in [-0.25, -0.2) is 0 Å². The van der Waals surface area contributed by atoms with Gasteiger partial charge in [0.1, 0.15) is 6.04 Å². The lowest BCUT2D eigenvalue weighted by molar-refractivity contribution is -0.384. The topological polar surface area (TPSA) is 99.2 Å². The molecule has 2 N–H and O–H groups in total. The average Bonchev–Trinajstić information content (AvgIpc) is 2.57. The number of aliphatic hydroxyl groups excluding tert-OH is 1. The zero-order valence-corrected chi connectivity index (χ0v) is 14.2. The van der Waals surface area contributed by atoms with E-state index in [-0.39, 0.29) is 12.3 Å². The molecule has 0 aliphatic carbocycles. The first-order valence-electron chi connectivity index (χ1n) is 6.82. The maximum absolute atomic E-state index is 10.9. The monoisotopic (exact) mass is 423 g/mol. The van der Waals surface area contributed by atoms with Crippen LogP contribution in [0.3, 0.4) is 0 Å². The summed E-state index contributed by atoms with van der Waals surface area (Å²) in [6.45, 7) is -0.187. The van der Waals surface area contributed by atoms with E-state index in [0.29, 0.717) is 5.56 Å². The number of nitro groups is 1. The summed E-state index contributed by atoms with van der Waals surface area (Å²) in [4.78, 5) is 10.4. The van der Waals surface area contributed by atoms with Gasteiger partial charge in [-0.2, -0.15) is 5.26 Å². The minimum atomic E-state index is -0.765. The Morgan fingerprint density at radius 2 is 2.00 bits per heavy atom. The third-order valence-electron chi connectivity index (χ3n) is 3.38. The van der Waals surface area contributed by atoms with E-state index in [1.165, 1.54) is 12.1 Å². The van der Waals surface area contributed by atoms with Crippen LogP contribution in [0, 0.1) is 25.0 Å². The zero-order chi connectivity index (χ0) is 16.8. The summed E-state index contributed by atoms with van der Waals surface area (Å²) in [5.74, 6) is 0. The molecule has 2 atom stereocenters. The van der Waals surface area contributed by atoms with Gasteiger partial charge >= 0.3 is 0 Å². The van der Waals surface area contributed by atoms with Crippen LogP contribution in [0.4, 0.5) is 5.69 Å². The second kappa shape index (κ2) is 8.01. The highest BCUT2D eigenvalue weighted by atomic mass is 127. The van der Waals surface area contributed by atoms with Crippen molar-refractivity contribution in [1.29, 1.82) is 5.26 Å². The lowest BCUT2D eigenvalue weighted by Crippen LogP contribution is -2.28. The van der Waals surface area contributed by atoms with Crippen molar-refractivity contribution in [1.82, 2.24) is 5.32 Å². The second-order valence-electron chi connectivity index (χ2n) is 4.84. The number of nitro benzene ring substituents is 1. The molecule has 0 bridgehead atoms. The molecule has 2 rings (SSSR count). The Bertz CT molecular complexity index is 731. The Hall–Kier alpha value is -2.02. The molecule has 0 saturated carbocycles. The molecule has 0 saturated heterocycles. The van der Waals surface area contributed by atoms with Gasteiger partial charge in [0, 0.05) is 21.3 Å². The molecule has 2 aromatic carbocycles. The van der Waals surface area contributed by atoms with E-state index in [9.17, 15) is 20.5 Å². The van der Waals surface area contributed by atoms with Gasteiger partial charge in [-0.15, -0.1) is 0 Å². The van der Waals surface area contributed by atoms with E-state index in [2.05, 4.69) is 11.4 Å². The molecule has 0 aliphatic rings. The largest absolute Gasteiger partial charge is 0.394 e. The number of rotatable bonds is 6. The van der Waals surface area contributed by atoms with Crippen LogP contribution >= 0.6 is 22.6 Å². The van der Waals surface area contributed by atoms with E-state index in [1.807, 2.05) is 52.9 Å². The van der Waals surface area contributed by atoms with Gasteiger partial charge < -0.3 is 5.11 Å². The minimum Gasteiger partial charge on any atom is -0.394 e. The van der Waals surface area contributed by atoms with Crippen LogP contribution in [0.2, 0.25) is 0 Å². The first-order valence-corrected chi connectivity index (χ1v) is 7.90. The number of hydrogen-bond donors (Lipinski definition) is 2. The molecule has 0 radical (unpaired) electrons. The Kier molecular flexibility index (Phi) is 6.04. The summed E-state index contributed by atoms with van der Waals surface area (Å²) in [7, 11) is 0. The SMILES string of the molecule is N#C[C@H](N[C@@H](CO)c1ccccc1)c1cc([N+](=O)[O-])ccc1I. The van der Waals surface area contributed by atoms with Gasteiger partial charge in [0.2, 0.25) is 0 Å². The number of non-ortho nitro benzene ring substituents is 1. The summed E-state index contributed by atoms with van der Waals surface area (Å²) in [5, 5.41) is 33.0. The molecule has 0 aliphatic heterocycles. The van der Waals surface area contributed by atoms with Gasteiger partial charge in [-0.05, 0) is 34.2 Å². The second-order valence-corrected chi connectivity index (χ2v) is 6.00. The summed E-state index contributed by atoms with van der Waals surface area (Å²) >= 11 is 2.04. The molecule has 0 aromatic heterocycles. The molecular formula is C16H14IN3O3. The van der Waals surface area contributed by atoms with Crippen molar-refractivity contribution in [2.75, 3.05) is 6.61 Å². The van der Waals surface area contributed by atoms with Crippen LogP contribution < -0.4 is 5.32 Å². The molecule has 0 heterocycles. The third-order valence-corrected chi connectivity index (χ3v) is 4.37. The molecule has 23 heavy (non-hydrogen) atoms. The quantitative estimate of drug-likeness (QED) is 0.423. The van der Waals surface area contributed by atoms with Crippen LogP contribution in [-0.4, -0.2) is 16.6 Å². The molecule has 6 nitrogen and oxygen atoms in total. The molecular weight excluding hydrogens is 409 g/mol. The Labute approximate surface area is 147 Å². The van der Waals surface area contributed by atoms with E-state index in [4.69, 9.17) is 0 Å². The Balaban J connectivity index is 2.31. The number of halogens is 1. The number of aliphatic hydroxyl groups is 1. The van der Waals surface area contributed by atoms with Crippen LogP contribution in [0.1, 0.15) is 23.2 Å². The Morgan fingerprint density at radius 1 is 1.30 bits per heavy atom. The maximum atomic E-state index is 10.9. The van der Waals surface area contributed by atoms with Gasteiger partial charge in [-0.1, -0.05) is 30.3 Å². The fourth-order valence-corrected chi connectivity index (χ4v) is 2.85. The number of nitrogens with zero attached hydrogens (tertiary/aromatic N) is 2. The maximum Gasteiger partial charge on any atom is 0.269 e. The van der Waals surface area contributed by atoms with E-state index in [1.54, 1.807) is 6.07 Å². The third kappa shape index (κ3) is 4.25. The number of hydrogen-bond acceptors (Lipinski definition) is 5. The molecule has 118 valence electrons. The summed E-state index contributed by atoms with van der Waals surface area (Å²) < 4.78 is 0.747. The Morgan fingerprint density at radius 3 is 2.57 bits per heavy atom. The fraction of sp³-hybridized carbons (Fsp3) is 0.188.